The zero-order chi connectivity index (χ0) is 17.3. The van der Waals surface area contributed by atoms with Gasteiger partial charge >= 0.3 is 0 Å². The molecule has 2 aliphatic heterocycles. The lowest BCUT2D eigenvalue weighted by Crippen LogP contribution is -2.64. The summed E-state index contributed by atoms with van der Waals surface area (Å²) < 4.78 is 15.3. The maximum Gasteiger partial charge on any atom is 0.187 e. The van der Waals surface area contributed by atoms with Crippen molar-refractivity contribution in [3.05, 3.63) is 0 Å². The molecule has 2 rings (SSSR count). The molecule has 10 atom stereocenters. The van der Waals surface area contributed by atoms with E-state index in [0.717, 1.165) is 0 Å². The zero-order valence-electron chi connectivity index (χ0n) is 12.0. The molecule has 0 bridgehead atoms. The molecular formula is C12H22O11. The first kappa shape index (κ1) is 18.9. The van der Waals surface area contributed by atoms with Crippen LogP contribution in [0.4, 0.5) is 0 Å². The molecule has 23 heavy (non-hydrogen) atoms. The van der Waals surface area contributed by atoms with Gasteiger partial charge in [0.15, 0.2) is 12.6 Å². The number of hydrogen-bond acceptors (Lipinski definition) is 11. The van der Waals surface area contributed by atoms with Gasteiger partial charge in [-0.15, -0.1) is 0 Å². The first-order chi connectivity index (χ1) is 10.8. The molecule has 0 aromatic rings. The lowest BCUT2D eigenvalue weighted by atomic mass is 9.97. The third-order valence-electron chi connectivity index (χ3n) is 3.98. The van der Waals surface area contributed by atoms with Crippen LogP contribution in [0.5, 0.6) is 0 Å². The van der Waals surface area contributed by atoms with E-state index in [-0.39, 0.29) is 0 Å². The highest BCUT2D eigenvalue weighted by Gasteiger charge is 2.50. The van der Waals surface area contributed by atoms with Crippen molar-refractivity contribution >= 4 is 0 Å². The van der Waals surface area contributed by atoms with Crippen LogP contribution < -0.4 is 0 Å². The quantitative estimate of drug-likeness (QED) is 0.243. The van der Waals surface area contributed by atoms with E-state index in [1.54, 1.807) is 0 Å². The van der Waals surface area contributed by atoms with Crippen LogP contribution in [0.3, 0.4) is 0 Å². The van der Waals surface area contributed by atoms with E-state index in [1.165, 1.54) is 0 Å². The van der Waals surface area contributed by atoms with Crippen molar-refractivity contribution in [2.45, 2.75) is 61.4 Å². The minimum atomic E-state index is -1.74. The molecule has 11 nitrogen and oxygen atoms in total. The maximum atomic E-state index is 9.94. The standard InChI is InChI=1S/C12H22O11/c13-1-3-5(15)6(16)9(19)12(22-3)23-10-4(2-14)21-11(20)8(18)7(10)17/h3-20H,1-2H2/t3-,4+,5+,6-,7+,8+,9-,10+,11+,12+/m0/s1. The van der Waals surface area contributed by atoms with Crippen LogP contribution in [0.25, 0.3) is 0 Å². The van der Waals surface area contributed by atoms with Crippen molar-refractivity contribution in [3.8, 4) is 0 Å². The maximum absolute atomic E-state index is 9.94. The summed E-state index contributed by atoms with van der Waals surface area (Å²) in [5.74, 6) is 0. The zero-order valence-corrected chi connectivity index (χ0v) is 12.0. The molecule has 2 fully saturated rings. The van der Waals surface area contributed by atoms with Gasteiger partial charge in [0, 0.05) is 0 Å². The van der Waals surface area contributed by atoms with Crippen molar-refractivity contribution in [2.24, 2.45) is 0 Å². The summed E-state index contributed by atoms with van der Waals surface area (Å²) in [6.45, 7) is -1.35. The van der Waals surface area contributed by atoms with E-state index < -0.39 is 74.6 Å². The first-order valence-electron chi connectivity index (χ1n) is 7.08. The summed E-state index contributed by atoms with van der Waals surface area (Å²) in [4.78, 5) is 0. The van der Waals surface area contributed by atoms with Crippen LogP contribution in [0.1, 0.15) is 0 Å². The summed E-state index contributed by atoms with van der Waals surface area (Å²) >= 11 is 0. The smallest absolute Gasteiger partial charge is 0.187 e. The molecule has 0 amide bonds. The average Bonchev–Trinajstić information content (AvgIpc) is 2.55. The largest absolute Gasteiger partial charge is 0.394 e. The molecule has 0 radical (unpaired) electrons. The Balaban J connectivity index is 2.11. The lowest BCUT2D eigenvalue weighted by Gasteiger charge is -2.45. The van der Waals surface area contributed by atoms with E-state index in [0.29, 0.717) is 0 Å². The van der Waals surface area contributed by atoms with Gasteiger partial charge in [-0.25, -0.2) is 0 Å². The molecule has 2 saturated heterocycles. The van der Waals surface area contributed by atoms with Crippen LogP contribution >= 0.6 is 0 Å². The summed E-state index contributed by atoms with van der Waals surface area (Å²) in [5.41, 5.74) is 0. The third kappa shape index (κ3) is 3.65. The molecule has 2 heterocycles. The van der Waals surface area contributed by atoms with Gasteiger partial charge < -0.3 is 55.1 Å². The summed E-state index contributed by atoms with van der Waals surface area (Å²) in [5, 5.41) is 76.5. The molecule has 0 aliphatic carbocycles. The SMILES string of the molecule is OC[C@@H]1O[C@H](O[C@H]2[C@H](O)[C@@H](O)[C@H](O)O[C@@H]2CO)[C@@H](O)[C@@H](O)[C@@H]1O. The number of ether oxygens (including phenoxy) is 3. The first-order valence-corrected chi connectivity index (χ1v) is 7.08. The van der Waals surface area contributed by atoms with Crippen LogP contribution in [-0.4, -0.2) is 115 Å². The molecular weight excluding hydrogens is 320 g/mol. The van der Waals surface area contributed by atoms with Gasteiger partial charge in [-0.05, 0) is 0 Å². The second-order valence-corrected chi connectivity index (χ2v) is 5.53. The van der Waals surface area contributed by atoms with Gasteiger partial charge in [-0.3, -0.25) is 0 Å². The Labute approximate surface area is 130 Å². The fraction of sp³-hybridized carbons (Fsp3) is 1.00. The van der Waals surface area contributed by atoms with Crippen molar-refractivity contribution < 1.29 is 55.1 Å². The predicted molar refractivity (Wildman–Crippen MR) is 68.6 cm³/mol. The van der Waals surface area contributed by atoms with Gasteiger partial charge in [0.2, 0.25) is 0 Å². The Morgan fingerprint density at radius 3 is 1.83 bits per heavy atom. The highest BCUT2D eigenvalue weighted by molar-refractivity contribution is 4.93. The van der Waals surface area contributed by atoms with Gasteiger partial charge in [0.1, 0.15) is 48.8 Å². The average molecular weight is 342 g/mol. The molecule has 8 N–H and O–H groups in total. The van der Waals surface area contributed by atoms with Crippen LogP contribution in [0.15, 0.2) is 0 Å². The topological polar surface area (TPSA) is 190 Å². The molecule has 136 valence electrons. The summed E-state index contributed by atoms with van der Waals surface area (Å²) in [6.07, 6.45) is -15.6. The monoisotopic (exact) mass is 342 g/mol. The van der Waals surface area contributed by atoms with E-state index in [9.17, 15) is 35.7 Å². The predicted octanol–water partition coefficient (Wildman–Crippen LogP) is -5.40. The molecule has 0 aromatic heterocycles. The molecule has 0 saturated carbocycles. The molecule has 0 unspecified atom stereocenters. The van der Waals surface area contributed by atoms with Crippen molar-refractivity contribution in [2.75, 3.05) is 13.2 Å². The molecule has 0 aromatic carbocycles. The fourth-order valence-corrected chi connectivity index (χ4v) is 2.57. The molecule has 0 spiro atoms. The number of aliphatic hydroxyl groups excluding tert-OH is 8. The summed E-state index contributed by atoms with van der Waals surface area (Å²) in [6, 6.07) is 0. The van der Waals surface area contributed by atoms with Crippen molar-refractivity contribution in [1.82, 2.24) is 0 Å². The van der Waals surface area contributed by atoms with Crippen LogP contribution in [0.2, 0.25) is 0 Å². The van der Waals surface area contributed by atoms with E-state index in [4.69, 9.17) is 19.3 Å². The van der Waals surface area contributed by atoms with Crippen molar-refractivity contribution in [3.63, 3.8) is 0 Å². The Hall–Kier alpha value is -0.440. The second-order valence-electron chi connectivity index (χ2n) is 5.53. The van der Waals surface area contributed by atoms with Gasteiger partial charge in [-0.2, -0.15) is 0 Å². The van der Waals surface area contributed by atoms with Gasteiger partial charge in [-0.1, -0.05) is 0 Å². The lowest BCUT2D eigenvalue weighted by molar-refractivity contribution is -0.355. The van der Waals surface area contributed by atoms with E-state index in [2.05, 4.69) is 0 Å². The minimum absolute atomic E-state index is 0.667. The normalized spacial score (nSPS) is 51.7. The Morgan fingerprint density at radius 1 is 0.652 bits per heavy atom. The third-order valence-corrected chi connectivity index (χ3v) is 3.98. The minimum Gasteiger partial charge on any atom is -0.394 e. The van der Waals surface area contributed by atoms with E-state index >= 15 is 0 Å². The number of rotatable bonds is 4. The van der Waals surface area contributed by atoms with Gasteiger partial charge in [0.25, 0.3) is 0 Å². The highest BCUT2D eigenvalue weighted by atomic mass is 16.7. The van der Waals surface area contributed by atoms with Crippen LogP contribution in [0, 0.1) is 0 Å². The Bertz CT molecular complexity index is 378. The second kappa shape index (κ2) is 7.63. The van der Waals surface area contributed by atoms with E-state index in [1.807, 2.05) is 0 Å². The number of hydrogen-bond donors (Lipinski definition) is 8. The molecule has 11 heteroatoms. The molecule has 2 aliphatic rings. The fourth-order valence-electron chi connectivity index (χ4n) is 2.57. The summed E-state index contributed by atoms with van der Waals surface area (Å²) in [7, 11) is 0. The Kier molecular flexibility index (Phi) is 6.27. The van der Waals surface area contributed by atoms with Gasteiger partial charge in [0.05, 0.1) is 13.2 Å². The highest BCUT2D eigenvalue weighted by Crippen LogP contribution is 2.28. The van der Waals surface area contributed by atoms with Crippen LogP contribution in [-0.2, 0) is 14.2 Å². The van der Waals surface area contributed by atoms with Crippen molar-refractivity contribution in [1.29, 1.82) is 0 Å². The Morgan fingerprint density at radius 2 is 1.26 bits per heavy atom. The number of aliphatic hydroxyl groups is 8.